The van der Waals surface area contributed by atoms with E-state index in [0.717, 1.165) is 24.0 Å². The lowest BCUT2D eigenvalue weighted by atomic mass is 10.2. The van der Waals surface area contributed by atoms with E-state index in [1.165, 1.54) is 0 Å². The van der Waals surface area contributed by atoms with E-state index in [2.05, 4.69) is 15.2 Å². The van der Waals surface area contributed by atoms with Gasteiger partial charge in [0.15, 0.2) is 5.17 Å². The molecule has 108 valence electrons. The number of amides is 2. The molecular weight excluding hydrogens is 288 g/mol. The monoisotopic (exact) mass is 302 g/mol. The Morgan fingerprint density at radius 2 is 2.10 bits per heavy atom. The summed E-state index contributed by atoms with van der Waals surface area (Å²) in [5.41, 5.74) is 7.21. The predicted molar refractivity (Wildman–Crippen MR) is 82.9 cm³/mol. The first-order valence-electron chi connectivity index (χ1n) is 6.51. The van der Waals surface area contributed by atoms with Gasteiger partial charge in [0, 0.05) is 23.5 Å². The number of rotatable bonds is 4. The molecule has 1 aromatic carbocycles. The van der Waals surface area contributed by atoms with E-state index in [0.29, 0.717) is 17.7 Å². The summed E-state index contributed by atoms with van der Waals surface area (Å²) in [6.45, 7) is 1.63. The highest BCUT2D eigenvalue weighted by Gasteiger charge is 2.27. The van der Waals surface area contributed by atoms with Crippen LogP contribution in [0.5, 0.6) is 0 Å². The number of fused-ring (bicyclic) bond motifs is 1. The molecule has 1 aromatic rings. The molecule has 0 fully saturated rings. The summed E-state index contributed by atoms with van der Waals surface area (Å²) in [4.78, 5) is 29.4. The van der Waals surface area contributed by atoms with Crippen LogP contribution in [0.2, 0.25) is 0 Å². The lowest BCUT2D eigenvalue weighted by molar-refractivity contribution is -0.115. The normalized spacial score (nSPS) is 16.3. The van der Waals surface area contributed by atoms with Crippen molar-refractivity contribution < 1.29 is 9.59 Å². The Bertz CT molecular complexity index is 651. The molecule has 0 saturated heterocycles. The Hall–Kier alpha value is -2.28. The minimum absolute atomic E-state index is 0.0955. The van der Waals surface area contributed by atoms with E-state index in [1.807, 2.05) is 5.41 Å². The zero-order valence-corrected chi connectivity index (χ0v) is 12.0. The van der Waals surface area contributed by atoms with Gasteiger partial charge in [0.1, 0.15) is 0 Å². The third kappa shape index (κ3) is 2.92. The third-order valence-electron chi connectivity index (χ3n) is 3.24. The minimum Gasteiger partial charge on any atom is -0.366 e. The van der Waals surface area contributed by atoms with Crippen molar-refractivity contribution >= 4 is 34.4 Å². The number of carbonyl (C=O) groups is 2. The number of nitrogens with one attached hydrogen (secondary N) is 1. The van der Waals surface area contributed by atoms with Gasteiger partial charge in [-0.3, -0.25) is 14.6 Å². The van der Waals surface area contributed by atoms with Crippen molar-refractivity contribution in [3.63, 3.8) is 0 Å². The van der Waals surface area contributed by atoms with Crippen molar-refractivity contribution in [1.82, 2.24) is 4.90 Å². The lowest BCUT2D eigenvalue weighted by Crippen LogP contribution is -2.24. The van der Waals surface area contributed by atoms with Gasteiger partial charge in [-0.2, -0.15) is 0 Å². The summed E-state index contributed by atoms with van der Waals surface area (Å²) in [6, 6.07) is 6.51. The molecule has 0 unspecified atom stereocenters. The summed E-state index contributed by atoms with van der Waals surface area (Å²) in [7, 11) is 0. The number of anilines is 1. The maximum absolute atomic E-state index is 12.1. The fourth-order valence-corrected chi connectivity index (χ4v) is 3.16. The fourth-order valence-electron chi connectivity index (χ4n) is 2.20. The second-order valence-corrected chi connectivity index (χ2v) is 5.55. The second kappa shape index (κ2) is 5.61. The summed E-state index contributed by atoms with van der Waals surface area (Å²) in [6.07, 6.45) is 0.309. The van der Waals surface area contributed by atoms with Crippen LogP contribution in [0.1, 0.15) is 16.8 Å². The first-order chi connectivity index (χ1) is 10.1. The average molecular weight is 302 g/mol. The van der Waals surface area contributed by atoms with Crippen LogP contribution in [0.15, 0.2) is 40.4 Å². The fraction of sp³-hybridized carbons (Fsp3) is 0.214. The maximum Gasteiger partial charge on any atom is 0.248 e. The number of carbonyl (C=O) groups excluding carboxylic acids is 2. The Labute approximate surface area is 126 Å². The third-order valence-corrected chi connectivity index (χ3v) is 4.19. The van der Waals surface area contributed by atoms with Crippen LogP contribution < -0.4 is 11.1 Å². The molecule has 3 rings (SSSR count). The number of amidine groups is 1. The van der Waals surface area contributed by atoms with Crippen molar-refractivity contribution in [3.05, 3.63) is 40.9 Å². The largest absolute Gasteiger partial charge is 0.366 e. The molecule has 2 aliphatic heterocycles. The van der Waals surface area contributed by atoms with Crippen molar-refractivity contribution in [2.75, 3.05) is 18.4 Å². The van der Waals surface area contributed by atoms with Crippen molar-refractivity contribution in [3.8, 4) is 0 Å². The molecular formula is C14H14N4O2S. The smallest absolute Gasteiger partial charge is 0.248 e. The Morgan fingerprint density at radius 3 is 2.81 bits per heavy atom. The minimum atomic E-state index is -0.484. The van der Waals surface area contributed by atoms with Gasteiger partial charge in [-0.15, -0.1) is 0 Å². The zero-order chi connectivity index (χ0) is 14.8. The number of nitrogens with zero attached hydrogens (tertiary/aromatic N) is 2. The maximum atomic E-state index is 12.1. The van der Waals surface area contributed by atoms with E-state index < -0.39 is 5.91 Å². The molecule has 0 aliphatic carbocycles. The molecule has 0 spiro atoms. The van der Waals surface area contributed by atoms with E-state index in [1.54, 1.807) is 36.0 Å². The van der Waals surface area contributed by atoms with E-state index in [9.17, 15) is 9.59 Å². The number of primary amides is 1. The highest BCUT2D eigenvalue weighted by atomic mass is 32.2. The zero-order valence-electron chi connectivity index (χ0n) is 11.2. The van der Waals surface area contributed by atoms with Crippen LogP contribution in [0.3, 0.4) is 0 Å². The standard InChI is InChI=1S/C14H14N4O2S/c15-13(20)9-1-3-10(4-2-9)17-12(19)7-11-8-21-14-16-5-6-18(11)14/h1-4,8H,5-7H2,(H2,15,20)(H,17,19). The predicted octanol–water partition coefficient (Wildman–Crippen LogP) is 1.37. The van der Waals surface area contributed by atoms with Crippen LogP contribution in [0.25, 0.3) is 0 Å². The number of benzene rings is 1. The summed E-state index contributed by atoms with van der Waals surface area (Å²) >= 11 is 1.56. The molecule has 0 atom stereocenters. The topological polar surface area (TPSA) is 87.8 Å². The molecule has 0 aromatic heterocycles. The number of thioether (sulfide) groups is 1. The van der Waals surface area contributed by atoms with Crippen molar-refractivity contribution in [2.24, 2.45) is 10.7 Å². The number of hydrogen-bond acceptors (Lipinski definition) is 5. The van der Waals surface area contributed by atoms with Gasteiger partial charge in [-0.25, -0.2) is 0 Å². The first-order valence-corrected chi connectivity index (χ1v) is 7.39. The van der Waals surface area contributed by atoms with Crippen LogP contribution in [0.4, 0.5) is 5.69 Å². The first kappa shape index (κ1) is 13.7. The van der Waals surface area contributed by atoms with Crippen LogP contribution in [-0.2, 0) is 4.79 Å². The molecule has 3 N–H and O–H groups in total. The quantitative estimate of drug-likeness (QED) is 0.879. The molecule has 2 heterocycles. The van der Waals surface area contributed by atoms with Gasteiger partial charge in [0.25, 0.3) is 0 Å². The number of aliphatic imine (C=N–C) groups is 1. The van der Waals surface area contributed by atoms with Gasteiger partial charge < -0.3 is 16.0 Å². The Balaban J connectivity index is 1.59. The molecule has 21 heavy (non-hydrogen) atoms. The lowest BCUT2D eigenvalue weighted by Gasteiger charge is -2.16. The van der Waals surface area contributed by atoms with E-state index >= 15 is 0 Å². The number of hydrogen-bond donors (Lipinski definition) is 2. The summed E-state index contributed by atoms with van der Waals surface area (Å²) in [5.74, 6) is -0.580. The van der Waals surface area contributed by atoms with Crippen LogP contribution in [0, 0.1) is 0 Å². The van der Waals surface area contributed by atoms with Gasteiger partial charge >= 0.3 is 0 Å². The Morgan fingerprint density at radius 1 is 1.33 bits per heavy atom. The average Bonchev–Trinajstić information content (AvgIpc) is 3.04. The Kier molecular flexibility index (Phi) is 3.66. The molecule has 0 radical (unpaired) electrons. The van der Waals surface area contributed by atoms with Crippen molar-refractivity contribution in [1.29, 1.82) is 0 Å². The van der Waals surface area contributed by atoms with Crippen LogP contribution >= 0.6 is 11.8 Å². The van der Waals surface area contributed by atoms with Gasteiger partial charge in [-0.1, -0.05) is 11.8 Å². The van der Waals surface area contributed by atoms with Crippen molar-refractivity contribution in [2.45, 2.75) is 6.42 Å². The summed E-state index contributed by atoms with van der Waals surface area (Å²) in [5, 5.41) is 5.75. The molecule has 0 saturated carbocycles. The molecule has 2 aliphatic rings. The SMILES string of the molecule is NC(=O)c1ccc(NC(=O)CC2=CSC3=NCCN23)cc1. The molecule has 7 heteroatoms. The highest BCUT2D eigenvalue weighted by molar-refractivity contribution is 8.16. The van der Waals surface area contributed by atoms with E-state index in [-0.39, 0.29) is 5.91 Å². The second-order valence-electron chi connectivity index (χ2n) is 4.71. The molecule has 0 bridgehead atoms. The van der Waals surface area contributed by atoms with Gasteiger partial charge in [-0.05, 0) is 29.7 Å². The van der Waals surface area contributed by atoms with E-state index in [4.69, 9.17) is 5.73 Å². The molecule has 6 nitrogen and oxygen atoms in total. The molecule has 2 amide bonds. The number of nitrogens with two attached hydrogens (primary N) is 1. The van der Waals surface area contributed by atoms with Gasteiger partial charge in [0.2, 0.25) is 11.8 Å². The van der Waals surface area contributed by atoms with Crippen LogP contribution in [-0.4, -0.2) is 35.0 Å². The summed E-state index contributed by atoms with van der Waals surface area (Å²) < 4.78 is 0. The highest BCUT2D eigenvalue weighted by Crippen LogP contribution is 2.30. The van der Waals surface area contributed by atoms with Gasteiger partial charge in [0.05, 0.1) is 13.0 Å².